The van der Waals surface area contributed by atoms with Crippen LogP contribution in [0.4, 0.5) is 24.5 Å². The summed E-state index contributed by atoms with van der Waals surface area (Å²) in [5.74, 6) is -0.961. The number of fused-ring (bicyclic) bond motifs is 1. The van der Waals surface area contributed by atoms with Gasteiger partial charge < -0.3 is 10.2 Å². The Bertz CT molecular complexity index is 596. The van der Waals surface area contributed by atoms with Crippen molar-refractivity contribution in [3.63, 3.8) is 0 Å². The highest BCUT2D eigenvalue weighted by molar-refractivity contribution is 6.00. The van der Waals surface area contributed by atoms with Gasteiger partial charge in [0, 0.05) is 17.8 Å². The lowest BCUT2D eigenvalue weighted by Gasteiger charge is -2.30. The van der Waals surface area contributed by atoms with Crippen LogP contribution in [0.15, 0.2) is 30.9 Å². The molecule has 2 amide bonds. The molecular formula is C14H13F3N2O2. The van der Waals surface area contributed by atoms with E-state index in [0.717, 1.165) is 11.0 Å². The first-order valence-corrected chi connectivity index (χ1v) is 6.23. The van der Waals surface area contributed by atoms with Gasteiger partial charge in [-0.05, 0) is 36.3 Å². The topological polar surface area (TPSA) is 49.4 Å². The van der Waals surface area contributed by atoms with E-state index in [0.29, 0.717) is 17.7 Å². The third-order valence-corrected chi connectivity index (χ3v) is 3.07. The monoisotopic (exact) mass is 298 g/mol. The molecule has 1 aliphatic heterocycles. The summed E-state index contributed by atoms with van der Waals surface area (Å²) >= 11 is 0. The van der Waals surface area contributed by atoms with Crippen molar-refractivity contribution in [3.8, 4) is 0 Å². The van der Waals surface area contributed by atoms with E-state index in [1.807, 2.05) is 0 Å². The van der Waals surface area contributed by atoms with Gasteiger partial charge in [0.25, 0.3) is 0 Å². The Morgan fingerprint density at radius 2 is 2.10 bits per heavy atom. The summed E-state index contributed by atoms with van der Waals surface area (Å²) in [6.07, 6.45) is -3.00. The second-order valence-electron chi connectivity index (χ2n) is 4.63. The second-order valence-corrected chi connectivity index (χ2v) is 4.63. The first-order valence-electron chi connectivity index (χ1n) is 6.23. The van der Waals surface area contributed by atoms with E-state index in [4.69, 9.17) is 0 Å². The fourth-order valence-corrected chi connectivity index (χ4v) is 2.18. The average Bonchev–Trinajstić information content (AvgIpc) is 2.40. The number of halogens is 3. The Balaban J connectivity index is 2.30. The van der Waals surface area contributed by atoms with Crippen LogP contribution in [0.5, 0.6) is 0 Å². The van der Waals surface area contributed by atoms with Crippen molar-refractivity contribution in [2.24, 2.45) is 0 Å². The highest BCUT2D eigenvalue weighted by Gasteiger charge is 2.36. The number of nitrogens with zero attached hydrogens (tertiary/aromatic N) is 1. The summed E-state index contributed by atoms with van der Waals surface area (Å²) in [7, 11) is 0. The molecule has 21 heavy (non-hydrogen) atoms. The Kier molecular flexibility index (Phi) is 4.02. The maximum Gasteiger partial charge on any atom is 0.406 e. The quantitative estimate of drug-likeness (QED) is 0.872. The third-order valence-electron chi connectivity index (χ3n) is 3.07. The van der Waals surface area contributed by atoms with Crippen molar-refractivity contribution in [1.82, 2.24) is 0 Å². The van der Waals surface area contributed by atoms with Gasteiger partial charge in [-0.1, -0.05) is 6.58 Å². The number of hydrogen-bond acceptors (Lipinski definition) is 2. The first kappa shape index (κ1) is 15.1. The van der Waals surface area contributed by atoms with E-state index >= 15 is 0 Å². The number of anilines is 2. The molecule has 1 N–H and O–H groups in total. The van der Waals surface area contributed by atoms with Crippen LogP contribution < -0.4 is 10.2 Å². The zero-order chi connectivity index (χ0) is 15.6. The van der Waals surface area contributed by atoms with Gasteiger partial charge in [-0.25, -0.2) is 0 Å². The zero-order valence-corrected chi connectivity index (χ0v) is 11.0. The smallest absolute Gasteiger partial charge is 0.323 e. The van der Waals surface area contributed by atoms with Gasteiger partial charge in [0.1, 0.15) is 6.54 Å². The highest BCUT2D eigenvalue weighted by Crippen LogP contribution is 2.32. The molecule has 0 radical (unpaired) electrons. The molecule has 0 saturated heterocycles. The molecule has 2 rings (SSSR count). The lowest BCUT2D eigenvalue weighted by molar-refractivity contribution is -0.132. The molecule has 1 heterocycles. The number of alkyl halides is 3. The van der Waals surface area contributed by atoms with Gasteiger partial charge in [0.2, 0.25) is 11.8 Å². The van der Waals surface area contributed by atoms with Crippen LogP contribution in [0.2, 0.25) is 0 Å². The molecule has 0 atom stereocenters. The van der Waals surface area contributed by atoms with E-state index in [1.165, 1.54) is 12.1 Å². The average molecular weight is 298 g/mol. The molecular weight excluding hydrogens is 285 g/mol. The molecule has 1 aromatic rings. The minimum absolute atomic E-state index is 0.0158. The van der Waals surface area contributed by atoms with Crippen LogP contribution in [-0.4, -0.2) is 24.5 Å². The van der Waals surface area contributed by atoms with Gasteiger partial charge in [0.15, 0.2) is 0 Å². The number of hydrogen-bond donors (Lipinski definition) is 1. The summed E-state index contributed by atoms with van der Waals surface area (Å²) in [4.78, 5) is 23.6. The van der Waals surface area contributed by atoms with Gasteiger partial charge in [-0.3, -0.25) is 9.59 Å². The molecule has 0 fully saturated rings. The molecule has 4 nitrogen and oxygen atoms in total. The van der Waals surface area contributed by atoms with Crippen molar-refractivity contribution in [3.05, 3.63) is 36.4 Å². The predicted molar refractivity (Wildman–Crippen MR) is 72.0 cm³/mol. The Morgan fingerprint density at radius 1 is 1.38 bits per heavy atom. The molecule has 7 heteroatoms. The molecule has 1 aliphatic rings. The van der Waals surface area contributed by atoms with E-state index in [2.05, 4.69) is 11.9 Å². The standard InChI is InChI=1S/C14H13F3N2O2/c1-2-12(20)18-10-4-5-11-9(7-10)3-6-13(21)19(11)8-14(15,16)17/h2,4-5,7H,1,3,6,8H2,(H,18,20). The van der Waals surface area contributed by atoms with Gasteiger partial charge in [-0.2, -0.15) is 13.2 Å². The minimum Gasteiger partial charge on any atom is -0.323 e. The Morgan fingerprint density at radius 3 is 2.71 bits per heavy atom. The van der Waals surface area contributed by atoms with E-state index in [-0.39, 0.29) is 12.1 Å². The summed E-state index contributed by atoms with van der Waals surface area (Å²) in [5, 5.41) is 2.53. The number of aryl methyl sites for hydroxylation is 1. The van der Waals surface area contributed by atoms with E-state index < -0.39 is 24.5 Å². The summed E-state index contributed by atoms with van der Waals surface area (Å²) < 4.78 is 37.6. The van der Waals surface area contributed by atoms with Crippen molar-refractivity contribution >= 4 is 23.2 Å². The number of carbonyl (C=O) groups is 2. The number of benzene rings is 1. The van der Waals surface area contributed by atoms with Gasteiger partial charge in [-0.15, -0.1) is 0 Å². The van der Waals surface area contributed by atoms with Crippen molar-refractivity contribution < 1.29 is 22.8 Å². The molecule has 0 aliphatic carbocycles. The number of rotatable bonds is 3. The van der Waals surface area contributed by atoms with Crippen LogP contribution in [0.3, 0.4) is 0 Å². The largest absolute Gasteiger partial charge is 0.406 e. The van der Waals surface area contributed by atoms with Gasteiger partial charge >= 0.3 is 6.18 Å². The number of nitrogens with one attached hydrogen (secondary N) is 1. The van der Waals surface area contributed by atoms with E-state index in [1.54, 1.807) is 6.07 Å². The first-order chi connectivity index (χ1) is 9.80. The third kappa shape index (κ3) is 3.62. The van der Waals surface area contributed by atoms with Crippen molar-refractivity contribution in [2.45, 2.75) is 19.0 Å². The van der Waals surface area contributed by atoms with Crippen LogP contribution in [0.25, 0.3) is 0 Å². The number of amides is 2. The molecule has 112 valence electrons. The van der Waals surface area contributed by atoms with Crippen LogP contribution >= 0.6 is 0 Å². The van der Waals surface area contributed by atoms with Crippen LogP contribution in [0, 0.1) is 0 Å². The normalized spacial score (nSPS) is 14.6. The fraction of sp³-hybridized carbons (Fsp3) is 0.286. The lowest BCUT2D eigenvalue weighted by Crippen LogP contribution is -2.41. The Labute approximate surface area is 119 Å². The fourth-order valence-electron chi connectivity index (χ4n) is 2.18. The maximum atomic E-state index is 12.5. The lowest BCUT2D eigenvalue weighted by atomic mass is 10.0. The highest BCUT2D eigenvalue weighted by atomic mass is 19.4. The summed E-state index contributed by atoms with van der Waals surface area (Å²) in [6.45, 7) is 2.01. The molecule has 0 aromatic heterocycles. The predicted octanol–water partition coefficient (Wildman–Crippen LogP) is 2.65. The minimum atomic E-state index is -4.46. The van der Waals surface area contributed by atoms with Crippen LogP contribution in [0.1, 0.15) is 12.0 Å². The molecule has 0 bridgehead atoms. The molecule has 0 saturated carbocycles. The maximum absolute atomic E-state index is 12.5. The van der Waals surface area contributed by atoms with Gasteiger partial charge in [0.05, 0.1) is 0 Å². The second kappa shape index (κ2) is 5.59. The van der Waals surface area contributed by atoms with E-state index in [9.17, 15) is 22.8 Å². The number of carbonyl (C=O) groups excluding carboxylic acids is 2. The SMILES string of the molecule is C=CC(=O)Nc1ccc2c(c1)CCC(=O)N2CC(F)(F)F. The summed E-state index contributed by atoms with van der Waals surface area (Å²) in [5.41, 5.74) is 1.29. The van der Waals surface area contributed by atoms with Crippen molar-refractivity contribution in [2.75, 3.05) is 16.8 Å². The molecule has 0 spiro atoms. The van der Waals surface area contributed by atoms with Crippen LogP contribution in [-0.2, 0) is 16.0 Å². The zero-order valence-electron chi connectivity index (χ0n) is 11.0. The van der Waals surface area contributed by atoms with Crippen molar-refractivity contribution in [1.29, 1.82) is 0 Å². The summed E-state index contributed by atoms with van der Waals surface area (Å²) in [6, 6.07) is 4.45. The molecule has 1 aromatic carbocycles. The molecule has 0 unspecified atom stereocenters. The Hall–Kier alpha value is -2.31.